The van der Waals surface area contributed by atoms with Gasteiger partial charge in [0.1, 0.15) is 6.29 Å². The molecule has 2 amide bonds. The van der Waals surface area contributed by atoms with E-state index in [-0.39, 0.29) is 25.7 Å². The monoisotopic (exact) mass is 314 g/mol. The van der Waals surface area contributed by atoms with Crippen molar-refractivity contribution in [2.45, 2.75) is 68.1 Å². The standard InChI is InChI=1S/C3H7NO.C3H6O2.C2H5NO.C2H6O2.C2H6.CH4/c2*1-2-3(4)5;2*1-2(3)4;1-2;/h2H2,1H3,(H2,4,5);2H2,1H3,(H,4,5);1H3,(H2,3,4);2-4H,1H3;1-2H3;1H4. The summed E-state index contributed by atoms with van der Waals surface area (Å²) in [7, 11) is 0. The van der Waals surface area contributed by atoms with Gasteiger partial charge in [0.2, 0.25) is 11.8 Å². The van der Waals surface area contributed by atoms with Crippen LogP contribution in [0, 0.1) is 0 Å². The van der Waals surface area contributed by atoms with Crippen molar-refractivity contribution in [3.63, 3.8) is 0 Å². The molecule has 0 bridgehead atoms. The fourth-order valence-corrected chi connectivity index (χ4v) is 0. The van der Waals surface area contributed by atoms with Crippen molar-refractivity contribution in [2.75, 3.05) is 0 Å². The molecule has 0 fully saturated rings. The fourth-order valence-electron chi connectivity index (χ4n) is 0. The number of aliphatic hydroxyl groups is 2. The molecule has 0 aromatic heterocycles. The molecule has 0 unspecified atom stereocenters. The van der Waals surface area contributed by atoms with Crippen LogP contribution in [0.25, 0.3) is 0 Å². The number of aliphatic hydroxyl groups excluding tert-OH is 1. The predicted molar refractivity (Wildman–Crippen MR) is 84.3 cm³/mol. The first-order chi connectivity index (χ1) is 9.00. The van der Waals surface area contributed by atoms with Gasteiger partial charge in [-0.3, -0.25) is 14.4 Å². The zero-order valence-corrected chi connectivity index (χ0v) is 13.2. The van der Waals surface area contributed by atoms with Gasteiger partial charge in [0.05, 0.1) is 0 Å². The number of carbonyl (C=O) groups excluding carboxylic acids is 2. The van der Waals surface area contributed by atoms with Crippen LogP contribution in [0.4, 0.5) is 0 Å². The molecule has 132 valence electrons. The van der Waals surface area contributed by atoms with Crippen molar-refractivity contribution < 1.29 is 29.7 Å². The maximum Gasteiger partial charge on any atom is 0.303 e. The van der Waals surface area contributed by atoms with E-state index in [4.69, 9.17) is 15.3 Å². The molecule has 0 radical (unpaired) electrons. The number of carboxylic acids is 1. The average molecular weight is 314 g/mol. The second kappa shape index (κ2) is 36.2. The van der Waals surface area contributed by atoms with Crippen LogP contribution < -0.4 is 11.5 Å². The third kappa shape index (κ3) is 900. The van der Waals surface area contributed by atoms with Gasteiger partial charge in [0.15, 0.2) is 0 Å². The summed E-state index contributed by atoms with van der Waals surface area (Å²) in [6.45, 7) is 9.91. The highest BCUT2D eigenvalue weighted by atomic mass is 16.5. The van der Waals surface area contributed by atoms with E-state index in [1.807, 2.05) is 13.8 Å². The minimum absolute atomic E-state index is 0. The number of rotatable bonds is 2. The van der Waals surface area contributed by atoms with Gasteiger partial charge in [-0.25, -0.2) is 0 Å². The highest BCUT2D eigenvalue weighted by molar-refractivity contribution is 5.73. The first-order valence-electron chi connectivity index (χ1n) is 6.13. The molecule has 0 aliphatic rings. The van der Waals surface area contributed by atoms with Gasteiger partial charge in [0.25, 0.3) is 0 Å². The molecule has 0 aromatic rings. The molecule has 0 heterocycles. The Hall–Kier alpha value is -1.67. The van der Waals surface area contributed by atoms with Crippen molar-refractivity contribution in [2.24, 2.45) is 11.5 Å². The van der Waals surface area contributed by atoms with Gasteiger partial charge in [-0.15, -0.1) is 0 Å². The zero-order chi connectivity index (χ0) is 17.7. The van der Waals surface area contributed by atoms with Crippen molar-refractivity contribution in [1.29, 1.82) is 0 Å². The minimum Gasteiger partial charge on any atom is -0.481 e. The van der Waals surface area contributed by atoms with Crippen molar-refractivity contribution in [1.82, 2.24) is 0 Å². The van der Waals surface area contributed by atoms with Gasteiger partial charge in [-0.1, -0.05) is 35.1 Å². The van der Waals surface area contributed by atoms with Crippen LogP contribution in [0.1, 0.15) is 61.8 Å². The van der Waals surface area contributed by atoms with Crippen LogP contribution in [-0.2, 0) is 14.4 Å². The summed E-state index contributed by atoms with van der Waals surface area (Å²) in [5, 5.41) is 22.9. The van der Waals surface area contributed by atoms with Crippen LogP contribution in [-0.4, -0.2) is 39.4 Å². The summed E-state index contributed by atoms with van der Waals surface area (Å²) < 4.78 is 0. The van der Waals surface area contributed by atoms with Crippen LogP contribution in [0.5, 0.6) is 0 Å². The maximum absolute atomic E-state index is 9.59. The predicted octanol–water partition coefficient (Wildman–Crippen LogP) is 0.834. The summed E-state index contributed by atoms with van der Waals surface area (Å²) in [5.41, 5.74) is 9.12. The van der Waals surface area contributed by atoms with Gasteiger partial charge in [-0.2, -0.15) is 0 Å². The topological polar surface area (TPSA) is 164 Å². The number of carbonyl (C=O) groups is 3. The van der Waals surface area contributed by atoms with E-state index >= 15 is 0 Å². The van der Waals surface area contributed by atoms with Crippen LogP contribution >= 0.6 is 0 Å². The Labute approximate surface area is 128 Å². The molecule has 8 nitrogen and oxygen atoms in total. The Bertz CT molecular complexity index is 200. The number of hydrogen-bond acceptors (Lipinski definition) is 5. The third-order valence-electron chi connectivity index (χ3n) is 0.651. The summed E-state index contributed by atoms with van der Waals surface area (Å²) >= 11 is 0. The molecule has 0 saturated carbocycles. The molecular weight excluding hydrogens is 280 g/mol. The highest BCUT2D eigenvalue weighted by Gasteiger charge is 1.80. The Morgan fingerprint density at radius 2 is 1.10 bits per heavy atom. The number of aliphatic carboxylic acids is 1. The molecule has 0 aliphatic carbocycles. The van der Waals surface area contributed by atoms with Gasteiger partial charge in [-0.05, 0) is 6.92 Å². The lowest BCUT2D eigenvalue weighted by atomic mass is 10.5. The highest BCUT2D eigenvalue weighted by Crippen LogP contribution is 1.67. The molecule has 21 heavy (non-hydrogen) atoms. The first-order valence-corrected chi connectivity index (χ1v) is 6.13. The minimum atomic E-state index is -1.17. The average Bonchev–Trinajstić information content (AvgIpc) is 2.30. The van der Waals surface area contributed by atoms with Gasteiger partial charge in [0, 0.05) is 19.8 Å². The van der Waals surface area contributed by atoms with Crippen molar-refractivity contribution in [3.05, 3.63) is 0 Å². The lowest BCUT2D eigenvalue weighted by molar-refractivity contribution is -0.136. The SMILES string of the molecule is C.CC.CC(N)=O.CC(O)O.CCC(=O)O.CCC(N)=O. The van der Waals surface area contributed by atoms with E-state index < -0.39 is 12.3 Å². The van der Waals surface area contributed by atoms with Crippen LogP contribution in [0.2, 0.25) is 0 Å². The van der Waals surface area contributed by atoms with E-state index in [2.05, 4.69) is 11.5 Å². The summed E-state index contributed by atoms with van der Waals surface area (Å²) in [6.07, 6.45) is -0.500. The van der Waals surface area contributed by atoms with Crippen LogP contribution in [0.15, 0.2) is 0 Å². The number of carboxylic acid groups (broad SMARTS) is 1. The summed E-state index contributed by atoms with van der Waals surface area (Å²) in [4.78, 5) is 28.2. The summed E-state index contributed by atoms with van der Waals surface area (Å²) in [5.74, 6) is -1.32. The van der Waals surface area contributed by atoms with E-state index in [9.17, 15) is 14.4 Å². The second-order valence-corrected chi connectivity index (χ2v) is 2.81. The normalized spacial score (nSPS) is 6.71. The number of primary amides is 2. The maximum atomic E-state index is 9.59. The number of nitrogens with two attached hydrogens (primary N) is 2. The number of hydrogen-bond donors (Lipinski definition) is 5. The molecule has 0 saturated heterocycles. The molecule has 7 N–H and O–H groups in total. The Morgan fingerprint density at radius 3 is 1.10 bits per heavy atom. The van der Waals surface area contributed by atoms with Gasteiger partial charge >= 0.3 is 5.97 Å². The smallest absolute Gasteiger partial charge is 0.303 e. The second-order valence-electron chi connectivity index (χ2n) is 2.81. The first kappa shape index (κ1) is 36.6. The molecule has 8 heteroatoms. The largest absolute Gasteiger partial charge is 0.481 e. The molecule has 0 aliphatic heterocycles. The van der Waals surface area contributed by atoms with Crippen molar-refractivity contribution >= 4 is 17.8 Å². The van der Waals surface area contributed by atoms with E-state index in [1.54, 1.807) is 13.8 Å². The molecule has 0 aromatic carbocycles. The quantitative estimate of drug-likeness (QED) is 0.474. The third-order valence-corrected chi connectivity index (χ3v) is 0.651. The Kier molecular flexibility index (Phi) is 63.0. The van der Waals surface area contributed by atoms with Gasteiger partial charge < -0.3 is 26.8 Å². The van der Waals surface area contributed by atoms with E-state index in [0.717, 1.165) is 0 Å². The van der Waals surface area contributed by atoms with Crippen LogP contribution in [0.3, 0.4) is 0 Å². The van der Waals surface area contributed by atoms with E-state index in [1.165, 1.54) is 13.8 Å². The molecular formula is C13H34N2O6. The van der Waals surface area contributed by atoms with Crippen molar-refractivity contribution in [3.8, 4) is 0 Å². The lowest BCUT2D eigenvalue weighted by Gasteiger charge is -1.80. The number of amides is 2. The molecule has 0 atom stereocenters. The van der Waals surface area contributed by atoms with E-state index in [0.29, 0.717) is 6.42 Å². The Morgan fingerprint density at radius 1 is 1.00 bits per heavy atom. The fraction of sp³-hybridized carbons (Fsp3) is 0.769. The Balaban J connectivity index is -0.0000000340. The zero-order valence-electron chi connectivity index (χ0n) is 13.2. The lowest BCUT2D eigenvalue weighted by Crippen LogP contribution is -2.06. The molecule has 0 rings (SSSR count). The molecule has 0 spiro atoms. The summed E-state index contributed by atoms with van der Waals surface area (Å²) in [6, 6.07) is 0.